The summed E-state index contributed by atoms with van der Waals surface area (Å²) in [7, 11) is 0. The average molecular weight is 815 g/mol. The number of carboxylic acids is 2. The van der Waals surface area contributed by atoms with E-state index >= 15 is 0 Å². The van der Waals surface area contributed by atoms with Gasteiger partial charge in [-0.3, -0.25) is 38.6 Å². The maximum Gasteiger partial charge on any atom is 0.327 e. The van der Waals surface area contributed by atoms with Crippen molar-refractivity contribution in [2.24, 2.45) is 28.1 Å². The Bertz CT molecular complexity index is 1540. The smallest absolute Gasteiger partial charge is 0.327 e. The number of nitrogens with two attached hydrogens (primary N) is 3. The van der Waals surface area contributed by atoms with Crippen molar-refractivity contribution in [3.8, 4) is 5.75 Å². The molecule has 6 amide bonds. The number of aliphatic carboxylic acids is 2. The number of carbonyl (C=O) groups is 8. The number of aliphatic imine (C=N–C) groups is 1. The van der Waals surface area contributed by atoms with Crippen LogP contribution in [0.5, 0.6) is 5.75 Å². The molecule has 0 unspecified atom stereocenters. The van der Waals surface area contributed by atoms with Gasteiger partial charge in [0.2, 0.25) is 35.4 Å². The Labute approximate surface area is 327 Å². The number of hydrogen-bond donors (Lipinski definition) is 14. The zero-order chi connectivity index (χ0) is 41.8. The van der Waals surface area contributed by atoms with Gasteiger partial charge in [0.15, 0.2) is 5.96 Å². The number of guanidine groups is 1. The maximum absolute atomic E-state index is 13.6. The summed E-state index contributed by atoms with van der Waals surface area (Å²) in [5, 5.41) is 42.6. The first kappa shape index (κ1) is 47.7. The van der Waals surface area contributed by atoms with Crippen molar-refractivity contribution >= 4 is 78.6 Å². The molecule has 0 radical (unpaired) electrons. The third kappa shape index (κ3) is 18.1. The van der Waals surface area contributed by atoms with Gasteiger partial charge < -0.3 is 64.4 Å². The monoisotopic (exact) mass is 814 g/mol. The van der Waals surface area contributed by atoms with Gasteiger partial charge in [-0.25, -0.2) is 4.79 Å². The molecule has 0 saturated carbocycles. The third-order valence-electron chi connectivity index (χ3n) is 7.62. The van der Waals surface area contributed by atoms with Crippen LogP contribution in [0.1, 0.15) is 38.7 Å². The van der Waals surface area contributed by atoms with Gasteiger partial charge in [0.1, 0.15) is 36.0 Å². The van der Waals surface area contributed by atoms with E-state index in [9.17, 15) is 53.7 Å². The first-order chi connectivity index (χ1) is 25.8. The molecule has 0 aliphatic heterocycles. The Kier molecular flexibility index (Phi) is 21.0. The molecule has 15 N–H and O–H groups in total. The number of carbonyl (C=O) groups excluding carboxylic acids is 6. The van der Waals surface area contributed by atoms with E-state index in [2.05, 4.69) is 62.2 Å². The summed E-state index contributed by atoms with van der Waals surface area (Å²) < 4.78 is 0. The van der Waals surface area contributed by atoms with Crippen LogP contribution in [-0.2, 0) is 44.8 Å². The lowest BCUT2D eigenvalue weighted by molar-refractivity contribution is -0.141. The topological polar surface area (TPSA) is 360 Å². The fourth-order valence-corrected chi connectivity index (χ4v) is 5.05. The molecule has 0 bridgehead atoms. The van der Waals surface area contributed by atoms with Crippen LogP contribution in [0, 0.1) is 5.92 Å². The first-order valence-electron chi connectivity index (χ1n) is 16.8. The molecule has 1 rings (SSSR count). The van der Waals surface area contributed by atoms with Gasteiger partial charge in [0, 0.05) is 24.5 Å². The van der Waals surface area contributed by atoms with Crippen LogP contribution in [0.25, 0.3) is 0 Å². The van der Waals surface area contributed by atoms with E-state index in [4.69, 9.17) is 17.2 Å². The highest BCUT2D eigenvalue weighted by atomic mass is 32.1. The molecule has 0 spiro atoms. The van der Waals surface area contributed by atoms with Gasteiger partial charge in [-0.1, -0.05) is 26.0 Å². The number of rotatable bonds is 24. The van der Waals surface area contributed by atoms with E-state index in [0.29, 0.717) is 5.56 Å². The van der Waals surface area contributed by atoms with Crippen molar-refractivity contribution in [2.75, 3.05) is 24.6 Å². The fraction of sp³-hybridized carbons (Fsp3) is 0.531. The molecule has 6 atom stereocenters. The Balaban J connectivity index is 3.13. The zero-order valence-corrected chi connectivity index (χ0v) is 32.0. The molecule has 0 fully saturated rings. The summed E-state index contributed by atoms with van der Waals surface area (Å²) in [5.74, 6) is -9.49. The molecular formula is C32H50N10O11S2. The Hall–Kier alpha value is -5.29. The molecule has 0 aromatic heterocycles. The summed E-state index contributed by atoms with van der Waals surface area (Å²) in [4.78, 5) is 105. The number of hydrogen-bond acceptors (Lipinski definition) is 13. The number of nitrogens with zero attached hydrogens (tertiary/aromatic N) is 1. The van der Waals surface area contributed by atoms with Gasteiger partial charge >= 0.3 is 11.9 Å². The van der Waals surface area contributed by atoms with Crippen molar-refractivity contribution in [3.05, 3.63) is 29.8 Å². The van der Waals surface area contributed by atoms with E-state index in [-0.39, 0.29) is 49.0 Å². The highest BCUT2D eigenvalue weighted by Crippen LogP contribution is 2.13. The number of thiol groups is 2. The van der Waals surface area contributed by atoms with Gasteiger partial charge in [-0.05, 0) is 36.5 Å². The largest absolute Gasteiger partial charge is 0.508 e. The molecule has 306 valence electrons. The first-order valence-corrected chi connectivity index (χ1v) is 18.1. The number of benzene rings is 1. The van der Waals surface area contributed by atoms with Crippen LogP contribution in [0.15, 0.2) is 29.3 Å². The maximum atomic E-state index is 13.6. The molecule has 0 saturated heterocycles. The number of phenols is 1. The summed E-state index contributed by atoms with van der Waals surface area (Å²) in [6.07, 6.45) is -0.827. The number of phenolic OH excluding ortho intramolecular Hbond substituents is 1. The Morgan fingerprint density at radius 3 is 1.85 bits per heavy atom. The minimum atomic E-state index is -1.75. The van der Waals surface area contributed by atoms with Crippen LogP contribution in [0.4, 0.5) is 0 Å². The number of nitrogens with one attached hydrogen (secondary N) is 6. The van der Waals surface area contributed by atoms with Crippen LogP contribution in [0.3, 0.4) is 0 Å². The molecule has 0 heterocycles. The molecule has 23 heteroatoms. The molecular weight excluding hydrogens is 765 g/mol. The number of amides is 6. The predicted octanol–water partition coefficient (Wildman–Crippen LogP) is -4.07. The van der Waals surface area contributed by atoms with E-state index in [1.165, 1.54) is 38.1 Å². The average Bonchev–Trinajstić information content (AvgIpc) is 3.11. The molecule has 1 aromatic carbocycles. The van der Waals surface area contributed by atoms with E-state index < -0.39 is 103 Å². The van der Waals surface area contributed by atoms with Crippen LogP contribution < -0.4 is 49.1 Å². The predicted molar refractivity (Wildman–Crippen MR) is 205 cm³/mol. The summed E-state index contributed by atoms with van der Waals surface area (Å²) in [6, 6.07) is -2.54. The van der Waals surface area contributed by atoms with E-state index in [1.54, 1.807) is 0 Å². The standard InChI is InChI=1S/C32H50N10O11S2/c1-15(2)25(30(51)40-20(10-16-5-7-17(43)8-6-16)28(49)41-22(14-55)31(52)53)42-29(50)21(11-24(45)46)38-23(44)12-37-27(48)19(4-3-9-36-32(34)35)39-26(47)18(33)13-54/h5-8,15,18-22,25,43,54-55H,3-4,9-14,33H2,1-2H3,(H,37,48)(H,38,44)(H,39,47)(H,40,51)(H,41,49)(H,42,50)(H,45,46)(H,52,53)(H4,34,35,36)/t18-,19-,20-,21-,22-,25-/m0/s1. The number of aromatic hydroxyl groups is 1. The van der Waals surface area contributed by atoms with Gasteiger partial charge in [-0.15, -0.1) is 0 Å². The van der Waals surface area contributed by atoms with Crippen molar-refractivity contribution in [3.63, 3.8) is 0 Å². The highest BCUT2D eigenvalue weighted by Gasteiger charge is 2.33. The van der Waals surface area contributed by atoms with E-state index in [1.807, 2.05) is 0 Å². The molecule has 21 nitrogen and oxygen atoms in total. The highest BCUT2D eigenvalue weighted by molar-refractivity contribution is 7.80. The summed E-state index contributed by atoms with van der Waals surface area (Å²) in [6.45, 7) is 2.44. The normalized spacial score (nSPS) is 14.1. The molecule has 0 aliphatic rings. The summed E-state index contributed by atoms with van der Waals surface area (Å²) in [5.41, 5.74) is 16.8. The lowest BCUT2D eigenvalue weighted by Gasteiger charge is -2.27. The zero-order valence-electron chi connectivity index (χ0n) is 30.2. The van der Waals surface area contributed by atoms with Crippen LogP contribution in [0.2, 0.25) is 0 Å². The van der Waals surface area contributed by atoms with Gasteiger partial charge in [-0.2, -0.15) is 25.3 Å². The van der Waals surface area contributed by atoms with E-state index in [0.717, 1.165) is 0 Å². The quantitative estimate of drug-likeness (QED) is 0.0204. The van der Waals surface area contributed by atoms with Crippen molar-refractivity contribution in [1.29, 1.82) is 0 Å². The van der Waals surface area contributed by atoms with Crippen molar-refractivity contribution in [1.82, 2.24) is 31.9 Å². The third-order valence-corrected chi connectivity index (χ3v) is 8.38. The van der Waals surface area contributed by atoms with Gasteiger partial charge in [0.05, 0.1) is 19.0 Å². The number of carboxylic acid groups (broad SMARTS) is 2. The molecule has 0 aliphatic carbocycles. The molecule has 55 heavy (non-hydrogen) atoms. The van der Waals surface area contributed by atoms with Crippen LogP contribution in [-0.4, -0.2) is 130 Å². The van der Waals surface area contributed by atoms with Crippen molar-refractivity contribution < 1.29 is 53.7 Å². The Morgan fingerprint density at radius 2 is 1.33 bits per heavy atom. The SMILES string of the molecule is CC(C)[C@H](NC(=O)[C@H](CC(=O)O)NC(=O)CNC(=O)[C@H](CCCN=C(N)N)NC(=O)[C@@H](N)CS)C(=O)N[C@@H](Cc1ccc(O)cc1)C(=O)N[C@@H](CS)C(=O)O. The fourth-order valence-electron chi connectivity index (χ4n) is 4.64. The lowest BCUT2D eigenvalue weighted by atomic mass is 10.00. The second-order valence-corrected chi connectivity index (χ2v) is 13.2. The summed E-state index contributed by atoms with van der Waals surface area (Å²) >= 11 is 7.89. The second kappa shape index (κ2) is 24.2. The Morgan fingerprint density at radius 1 is 0.745 bits per heavy atom. The second-order valence-electron chi connectivity index (χ2n) is 12.5. The van der Waals surface area contributed by atoms with Crippen LogP contribution >= 0.6 is 25.3 Å². The van der Waals surface area contributed by atoms with Crippen molar-refractivity contribution in [2.45, 2.75) is 75.8 Å². The minimum absolute atomic E-state index is 0.0255. The molecule has 1 aromatic rings. The minimum Gasteiger partial charge on any atom is -0.508 e. The lowest BCUT2D eigenvalue weighted by Crippen LogP contribution is -2.60. The van der Waals surface area contributed by atoms with Gasteiger partial charge in [0.25, 0.3) is 0 Å².